The molecule has 0 spiro atoms. The second kappa shape index (κ2) is 10.6. The van der Waals surface area contributed by atoms with E-state index in [1.165, 1.54) is 5.56 Å². The summed E-state index contributed by atoms with van der Waals surface area (Å²) in [5.41, 5.74) is 2.92. The van der Waals surface area contributed by atoms with Gasteiger partial charge in [-0.3, -0.25) is 0 Å². The largest absolute Gasteiger partial charge is 0.457 e. The molecule has 0 saturated carbocycles. The Morgan fingerprint density at radius 2 is 1.49 bits per heavy atom. The van der Waals surface area contributed by atoms with Crippen LogP contribution in [0.4, 0.5) is 0 Å². The summed E-state index contributed by atoms with van der Waals surface area (Å²) in [6, 6.07) is 27.0. The summed E-state index contributed by atoms with van der Waals surface area (Å²) in [5.74, 6) is 0. The lowest BCUT2D eigenvalue weighted by atomic mass is 9.95. The molecule has 2 N–H and O–H groups in total. The predicted molar refractivity (Wildman–Crippen MR) is 139 cm³/mol. The van der Waals surface area contributed by atoms with E-state index in [0.29, 0.717) is 12.0 Å². The fourth-order valence-electron chi connectivity index (χ4n) is 4.55. The number of nitrogens with zero attached hydrogens (tertiary/aromatic N) is 1. The smallest absolute Gasteiger partial charge is 0.299 e. The molecule has 2 atom stereocenters. The Kier molecular flexibility index (Phi) is 7.57. The van der Waals surface area contributed by atoms with Crippen molar-refractivity contribution in [3.63, 3.8) is 0 Å². The quantitative estimate of drug-likeness (QED) is 0.476. The van der Waals surface area contributed by atoms with Gasteiger partial charge in [-0.05, 0) is 55.4 Å². The van der Waals surface area contributed by atoms with Crippen LogP contribution in [-0.4, -0.2) is 31.8 Å². The van der Waals surface area contributed by atoms with E-state index in [1.807, 2.05) is 72.8 Å². The van der Waals surface area contributed by atoms with Crippen LogP contribution in [0.1, 0.15) is 53.8 Å². The zero-order valence-electron chi connectivity index (χ0n) is 20.1. The summed E-state index contributed by atoms with van der Waals surface area (Å²) >= 11 is 0. The van der Waals surface area contributed by atoms with Gasteiger partial charge in [0.1, 0.15) is 10.9 Å². The lowest BCUT2D eigenvalue weighted by Gasteiger charge is -2.39. The van der Waals surface area contributed by atoms with Crippen molar-refractivity contribution < 1.29 is 18.3 Å². The van der Waals surface area contributed by atoms with Crippen LogP contribution in [0.2, 0.25) is 0 Å². The van der Waals surface area contributed by atoms with Crippen LogP contribution in [0, 0.1) is 0 Å². The molecule has 1 aliphatic heterocycles. The van der Waals surface area contributed by atoms with E-state index in [0.717, 1.165) is 24.0 Å². The highest BCUT2D eigenvalue weighted by Gasteiger charge is 2.48. The maximum Gasteiger partial charge on any atom is 0.299 e. The van der Waals surface area contributed by atoms with Crippen LogP contribution >= 0.6 is 0 Å². The number of aliphatic hydroxyl groups excluding tert-OH is 1. The van der Waals surface area contributed by atoms with Crippen molar-refractivity contribution in [3.8, 4) is 0 Å². The van der Waals surface area contributed by atoms with Crippen molar-refractivity contribution in [2.24, 2.45) is 4.99 Å². The van der Waals surface area contributed by atoms with Crippen molar-refractivity contribution in [2.45, 2.75) is 50.0 Å². The average molecular weight is 493 g/mol. The normalized spacial score (nSPS) is 20.5. The number of rotatable bonds is 8. The minimum atomic E-state index is -3.81. The highest BCUT2D eigenvalue weighted by Crippen LogP contribution is 2.39. The van der Waals surface area contributed by atoms with E-state index in [4.69, 9.17) is 4.74 Å². The number of aliphatic imine (C=N–C) groups is 1. The van der Waals surface area contributed by atoms with Crippen molar-refractivity contribution in [2.75, 3.05) is 6.61 Å². The molecule has 184 valence electrons. The zero-order chi connectivity index (χ0) is 24.9. The molecular weight excluding hydrogens is 460 g/mol. The molecule has 4 rings (SSSR count). The Labute approximate surface area is 207 Å². The molecule has 1 heterocycles. The molecule has 1 unspecified atom stereocenters. The Balaban J connectivity index is 1.53. The maximum absolute atomic E-state index is 13.4. The van der Waals surface area contributed by atoms with Crippen molar-refractivity contribution in [1.82, 2.24) is 4.72 Å². The molecule has 1 fully saturated rings. The third-order valence-electron chi connectivity index (χ3n) is 6.22. The van der Waals surface area contributed by atoms with Crippen LogP contribution in [0.5, 0.6) is 0 Å². The van der Waals surface area contributed by atoms with Crippen LogP contribution < -0.4 is 4.72 Å². The number of ether oxygens (including phenoxy) is 1. The fraction of sp³-hybridized carbons (Fsp3) is 0.321. The molecule has 0 aliphatic carbocycles. The van der Waals surface area contributed by atoms with Gasteiger partial charge in [0, 0.05) is 6.61 Å². The van der Waals surface area contributed by atoms with Crippen molar-refractivity contribution >= 4 is 16.0 Å². The molecule has 3 aromatic rings. The molecule has 1 saturated heterocycles. The summed E-state index contributed by atoms with van der Waals surface area (Å²) in [6.07, 6.45) is 2.16. The van der Waals surface area contributed by atoms with Crippen molar-refractivity contribution in [1.29, 1.82) is 0 Å². The highest BCUT2D eigenvalue weighted by atomic mass is 32.2. The Hall–Kier alpha value is -3.16. The first-order chi connectivity index (χ1) is 16.8. The van der Waals surface area contributed by atoms with E-state index in [-0.39, 0.29) is 12.6 Å². The van der Waals surface area contributed by atoms with Crippen LogP contribution in [0.15, 0.2) is 89.9 Å². The third-order valence-corrected chi connectivity index (χ3v) is 8.14. The SMILES string of the molecule is CC1(C)OC(=N[C@@H](CCO)c2ccccc2)NS(=O)(=O)C1c1ccc(CCc2ccccc2)cc1. The van der Waals surface area contributed by atoms with Gasteiger partial charge in [0.2, 0.25) is 10.0 Å². The monoisotopic (exact) mass is 492 g/mol. The van der Waals surface area contributed by atoms with Crippen LogP contribution in [-0.2, 0) is 27.6 Å². The van der Waals surface area contributed by atoms with Gasteiger partial charge in [-0.15, -0.1) is 0 Å². The summed E-state index contributed by atoms with van der Waals surface area (Å²) < 4.78 is 35.3. The molecular formula is C28H32N2O4S. The second-order valence-electron chi connectivity index (χ2n) is 9.33. The lowest BCUT2D eigenvalue weighted by molar-refractivity contribution is 0.0759. The molecule has 7 heteroatoms. The van der Waals surface area contributed by atoms with Gasteiger partial charge in [-0.1, -0.05) is 84.9 Å². The Bertz CT molecular complexity index is 1240. The molecule has 0 radical (unpaired) electrons. The number of sulfonamides is 1. The summed E-state index contributed by atoms with van der Waals surface area (Å²) in [7, 11) is -3.81. The number of amidine groups is 1. The summed E-state index contributed by atoms with van der Waals surface area (Å²) in [6.45, 7) is 3.45. The van der Waals surface area contributed by atoms with Crippen LogP contribution in [0.3, 0.4) is 0 Å². The minimum absolute atomic E-state index is 0.0481. The number of aliphatic hydroxyl groups is 1. The van der Waals surface area contributed by atoms with Gasteiger partial charge in [-0.25, -0.2) is 18.1 Å². The molecule has 0 bridgehead atoms. The standard InChI is InChI=1S/C28H32N2O4S/c1-28(2)26(24-17-15-22(16-18-24)14-13-21-9-5-3-6-10-21)35(32,33)30-27(34-28)29-25(19-20-31)23-11-7-4-8-12-23/h3-12,15-18,25-26,31H,13-14,19-20H2,1-2H3,(H,29,30)/t25-,26?/m0/s1. The van der Waals surface area contributed by atoms with Gasteiger partial charge >= 0.3 is 0 Å². The van der Waals surface area contributed by atoms with Crippen LogP contribution in [0.25, 0.3) is 0 Å². The number of nitrogens with one attached hydrogen (secondary N) is 1. The summed E-state index contributed by atoms with van der Waals surface area (Å²) in [4.78, 5) is 4.53. The summed E-state index contributed by atoms with van der Waals surface area (Å²) in [5, 5.41) is 8.60. The number of hydrogen-bond donors (Lipinski definition) is 2. The first-order valence-electron chi connectivity index (χ1n) is 11.9. The predicted octanol–water partition coefficient (Wildman–Crippen LogP) is 4.72. The zero-order valence-corrected chi connectivity index (χ0v) is 20.9. The van der Waals surface area contributed by atoms with E-state index in [1.54, 1.807) is 13.8 Å². The van der Waals surface area contributed by atoms with E-state index in [9.17, 15) is 13.5 Å². The molecule has 0 amide bonds. The molecule has 1 aliphatic rings. The molecule has 6 nitrogen and oxygen atoms in total. The molecule has 0 aromatic heterocycles. The Morgan fingerprint density at radius 1 is 0.914 bits per heavy atom. The second-order valence-corrected chi connectivity index (χ2v) is 11.1. The van der Waals surface area contributed by atoms with E-state index >= 15 is 0 Å². The van der Waals surface area contributed by atoms with E-state index < -0.39 is 26.9 Å². The van der Waals surface area contributed by atoms with Gasteiger partial charge in [0.15, 0.2) is 0 Å². The highest BCUT2D eigenvalue weighted by molar-refractivity contribution is 7.90. The first kappa shape index (κ1) is 24.9. The third kappa shape index (κ3) is 6.10. The van der Waals surface area contributed by atoms with Gasteiger partial charge in [0.05, 0.1) is 6.04 Å². The van der Waals surface area contributed by atoms with Gasteiger partial charge in [0.25, 0.3) is 6.02 Å². The fourth-order valence-corrected chi connectivity index (χ4v) is 6.31. The Morgan fingerprint density at radius 3 is 2.06 bits per heavy atom. The molecule has 35 heavy (non-hydrogen) atoms. The van der Waals surface area contributed by atoms with E-state index in [2.05, 4.69) is 21.8 Å². The number of benzene rings is 3. The minimum Gasteiger partial charge on any atom is -0.457 e. The van der Waals surface area contributed by atoms with Gasteiger partial charge < -0.3 is 9.84 Å². The van der Waals surface area contributed by atoms with Gasteiger partial charge in [-0.2, -0.15) is 0 Å². The van der Waals surface area contributed by atoms with Crippen molar-refractivity contribution in [3.05, 3.63) is 107 Å². The average Bonchev–Trinajstić information content (AvgIpc) is 2.83. The number of aryl methyl sites for hydroxylation is 2. The lowest BCUT2D eigenvalue weighted by Crippen LogP contribution is -2.53. The molecule has 3 aromatic carbocycles. The topological polar surface area (TPSA) is 88.0 Å². The maximum atomic E-state index is 13.4. The first-order valence-corrected chi connectivity index (χ1v) is 13.4. The number of hydrogen-bond acceptors (Lipinski definition) is 5.